The lowest BCUT2D eigenvalue weighted by atomic mass is 9.95. The van der Waals surface area contributed by atoms with E-state index < -0.39 is 0 Å². The lowest BCUT2D eigenvalue weighted by Crippen LogP contribution is -2.22. The number of fused-ring (bicyclic) bond motifs is 1. The van der Waals surface area contributed by atoms with Crippen LogP contribution in [0.4, 0.5) is 0 Å². The van der Waals surface area contributed by atoms with Crippen LogP contribution in [0.3, 0.4) is 0 Å². The highest BCUT2D eigenvalue weighted by molar-refractivity contribution is 8.04. The molecule has 0 aromatic carbocycles. The molecule has 2 heterocycles. The molecule has 0 amide bonds. The van der Waals surface area contributed by atoms with Crippen LogP contribution in [-0.2, 0) is 17.7 Å². The van der Waals surface area contributed by atoms with Gasteiger partial charge in [-0.3, -0.25) is 0 Å². The quantitative estimate of drug-likeness (QED) is 0.351. The van der Waals surface area contributed by atoms with Crippen LogP contribution in [0.2, 0.25) is 0 Å². The van der Waals surface area contributed by atoms with E-state index in [1.807, 2.05) is 46.2 Å². The Morgan fingerprint density at radius 3 is 2.54 bits per heavy atom. The molecule has 0 aliphatic carbocycles. The topological polar surface area (TPSA) is 27.1 Å². The number of rotatable bonds is 6. The van der Waals surface area contributed by atoms with Crippen LogP contribution >= 0.6 is 23.4 Å². The fraction of sp³-hybridized carbons (Fsp3) is 0.522. The first-order valence-electron chi connectivity index (χ1n) is 9.89. The van der Waals surface area contributed by atoms with Gasteiger partial charge in [-0.2, -0.15) is 0 Å². The summed E-state index contributed by atoms with van der Waals surface area (Å²) >= 11 is 8.34. The van der Waals surface area contributed by atoms with Crippen molar-refractivity contribution in [1.29, 1.82) is 0 Å². The molecule has 1 aromatic heterocycles. The molecule has 156 valence electrons. The van der Waals surface area contributed by atoms with Gasteiger partial charge in [0.25, 0.3) is 0 Å². The highest BCUT2D eigenvalue weighted by Gasteiger charge is 2.26. The zero-order valence-corrected chi connectivity index (χ0v) is 20.0. The Morgan fingerprint density at radius 1 is 1.36 bits per heavy atom. The smallest absolute Gasteiger partial charge is 0.144 e. The molecule has 0 N–H and O–H groups in total. The number of hydrogen-bond donors (Lipinski definition) is 0. The lowest BCUT2D eigenvalue weighted by Gasteiger charge is -2.28. The first-order chi connectivity index (χ1) is 13.1. The van der Waals surface area contributed by atoms with Crippen molar-refractivity contribution in [3.8, 4) is 0 Å². The van der Waals surface area contributed by atoms with E-state index in [1.165, 1.54) is 0 Å². The van der Waals surface area contributed by atoms with Crippen molar-refractivity contribution in [3.63, 3.8) is 0 Å². The summed E-state index contributed by atoms with van der Waals surface area (Å²) in [6, 6.07) is 0. The fourth-order valence-corrected chi connectivity index (χ4v) is 4.13. The van der Waals surface area contributed by atoms with E-state index in [2.05, 4.69) is 43.5 Å². The summed E-state index contributed by atoms with van der Waals surface area (Å²) in [5, 5.41) is 1.09. The van der Waals surface area contributed by atoms with Crippen LogP contribution < -0.4 is 0 Å². The number of allylic oxidation sites excluding steroid dienone is 4. The molecule has 1 aliphatic rings. The average molecular weight is 423 g/mol. The maximum atomic E-state index is 6.58. The first-order valence-corrected chi connectivity index (χ1v) is 11.2. The Kier molecular flexibility index (Phi) is 9.65. The summed E-state index contributed by atoms with van der Waals surface area (Å²) in [5.41, 5.74) is 0.687. The highest BCUT2D eigenvalue weighted by atomic mass is 35.5. The summed E-state index contributed by atoms with van der Waals surface area (Å²) in [6.07, 6.45) is 7.85. The molecule has 0 fully saturated rings. The van der Waals surface area contributed by atoms with Crippen LogP contribution in [0.25, 0.3) is 0 Å². The van der Waals surface area contributed by atoms with Crippen molar-refractivity contribution in [2.24, 2.45) is 5.41 Å². The van der Waals surface area contributed by atoms with Crippen LogP contribution in [-0.4, -0.2) is 14.8 Å². The van der Waals surface area contributed by atoms with Gasteiger partial charge >= 0.3 is 0 Å². The number of aryl methyl sites for hydroxylation is 1. The predicted octanol–water partition coefficient (Wildman–Crippen LogP) is 7.46. The third-order valence-electron chi connectivity index (χ3n) is 4.30. The molecule has 3 nitrogen and oxygen atoms in total. The van der Waals surface area contributed by atoms with Gasteiger partial charge in [-0.15, -0.1) is 11.8 Å². The molecule has 28 heavy (non-hydrogen) atoms. The van der Waals surface area contributed by atoms with Gasteiger partial charge in [0.2, 0.25) is 0 Å². The molecule has 0 bridgehead atoms. The number of nitrogens with zero attached hydrogens (tertiary/aromatic N) is 2. The van der Waals surface area contributed by atoms with Crippen LogP contribution in [0, 0.1) is 5.41 Å². The molecule has 0 spiro atoms. The molecule has 0 saturated carbocycles. The molecule has 5 heteroatoms. The van der Waals surface area contributed by atoms with Gasteiger partial charge in [0.15, 0.2) is 0 Å². The highest BCUT2D eigenvalue weighted by Crippen LogP contribution is 2.40. The minimum Gasteiger partial charge on any atom is -0.460 e. The van der Waals surface area contributed by atoms with Gasteiger partial charge in [-0.1, -0.05) is 65.5 Å². The normalized spacial score (nSPS) is 17.7. The second-order valence-corrected chi connectivity index (χ2v) is 9.34. The van der Waals surface area contributed by atoms with Gasteiger partial charge in [0, 0.05) is 36.0 Å². The Balaban J connectivity index is 0.00000190. The molecule has 2 rings (SSSR count). The molecule has 0 saturated heterocycles. The van der Waals surface area contributed by atoms with Crippen molar-refractivity contribution in [2.75, 3.05) is 0 Å². The van der Waals surface area contributed by atoms with E-state index in [1.54, 1.807) is 11.8 Å². The van der Waals surface area contributed by atoms with E-state index >= 15 is 0 Å². The molecular weight excluding hydrogens is 388 g/mol. The van der Waals surface area contributed by atoms with Gasteiger partial charge in [0.1, 0.15) is 17.3 Å². The standard InChI is InChI=1S/C21H29ClN2OS.C2H6/c1-8-17(22)20(19(14(2)3)25-15(4)21(5,6)7)26-16-9-10-18-23-11-12-24(18)13-16;1-2/h8,11-12,16H,2,4,9-10,13H2,1,3,5-7H3;1-2H3/b17-8+,20-19-;. The van der Waals surface area contributed by atoms with Gasteiger partial charge in [-0.05, 0) is 25.8 Å². The molecule has 0 radical (unpaired) electrons. The van der Waals surface area contributed by atoms with Crippen molar-refractivity contribution in [1.82, 2.24) is 9.55 Å². The van der Waals surface area contributed by atoms with E-state index in [9.17, 15) is 0 Å². The summed E-state index contributed by atoms with van der Waals surface area (Å²) in [4.78, 5) is 5.34. The second-order valence-electron chi connectivity index (χ2n) is 7.62. The van der Waals surface area contributed by atoms with E-state index in [0.29, 0.717) is 16.0 Å². The number of hydrogen-bond acceptors (Lipinski definition) is 3. The fourth-order valence-electron chi connectivity index (χ4n) is 2.55. The van der Waals surface area contributed by atoms with Gasteiger partial charge < -0.3 is 9.30 Å². The van der Waals surface area contributed by atoms with E-state index in [-0.39, 0.29) is 5.41 Å². The number of aromatic nitrogens is 2. The van der Waals surface area contributed by atoms with Crippen molar-refractivity contribution in [3.05, 3.63) is 64.5 Å². The summed E-state index contributed by atoms with van der Waals surface area (Å²) in [5.74, 6) is 2.58. The first kappa shape index (κ1) is 24.6. The van der Waals surface area contributed by atoms with E-state index in [0.717, 1.165) is 41.4 Å². The maximum Gasteiger partial charge on any atom is 0.144 e. The third kappa shape index (κ3) is 6.59. The number of thioether (sulfide) groups is 1. The molecule has 1 unspecified atom stereocenters. The number of halogens is 1. The van der Waals surface area contributed by atoms with Crippen molar-refractivity contribution < 1.29 is 4.74 Å². The van der Waals surface area contributed by atoms with Crippen molar-refractivity contribution in [2.45, 2.75) is 73.1 Å². The molecular formula is C23H35ClN2OS. The van der Waals surface area contributed by atoms with E-state index in [4.69, 9.17) is 16.3 Å². The Morgan fingerprint density at radius 2 is 2.00 bits per heavy atom. The van der Waals surface area contributed by atoms with Crippen LogP contribution in [0.15, 0.2) is 58.7 Å². The Bertz CT molecular complexity index is 753. The predicted molar refractivity (Wildman–Crippen MR) is 124 cm³/mol. The summed E-state index contributed by atoms with van der Waals surface area (Å²) in [6.45, 7) is 23.3. The number of ether oxygens (including phenoxy) is 1. The molecule has 1 aliphatic heterocycles. The zero-order valence-electron chi connectivity index (χ0n) is 18.4. The summed E-state index contributed by atoms with van der Waals surface area (Å²) in [7, 11) is 0. The molecule has 1 atom stereocenters. The summed E-state index contributed by atoms with van der Waals surface area (Å²) < 4.78 is 8.40. The minimum atomic E-state index is -0.157. The third-order valence-corrected chi connectivity index (χ3v) is 6.18. The van der Waals surface area contributed by atoms with Crippen molar-refractivity contribution >= 4 is 23.4 Å². The maximum absolute atomic E-state index is 6.58. The Hall–Kier alpha value is -1.39. The van der Waals surface area contributed by atoms with Gasteiger partial charge in [0.05, 0.1) is 9.94 Å². The SMILES string of the molecule is C=C(C)/C(OC(=C)C(C)(C)C)=C(SC1CCc2nccn2C1)\C(Cl)=C/C.CC. The minimum absolute atomic E-state index is 0.157. The Labute approximate surface area is 180 Å². The monoisotopic (exact) mass is 422 g/mol. The second kappa shape index (κ2) is 11.0. The van der Waals surface area contributed by atoms with Crippen LogP contribution in [0.5, 0.6) is 0 Å². The van der Waals surface area contributed by atoms with Crippen LogP contribution in [0.1, 0.15) is 60.7 Å². The lowest BCUT2D eigenvalue weighted by molar-refractivity contribution is 0.225. The zero-order chi connectivity index (χ0) is 21.5. The largest absolute Gasteiger partial charge is 0.460 e. The molecule has 1 aromatic rings. The average Bonchev–Trinajstić information content (AvgIpc) is 3.12. The number of imidazole rings is 1. The van der Waals surface area contributed by atoms with Gasteiger partial charge in [-0.25, -0.2) is 4.98 Å².